The van der Waals surface area contributed by atoms with Gasteiger partial charge in [0.2, 0.25) is 0 Å². The average molecular weight is 376 g/mol. The minimum Gasteiger partial charge on any atom is -0.288 e. The first kappa shape index (κ1) is 13.4. The highest BCUT2D eigenvalue weighted by molar-refractivity contribution is 9.11. The molecule has 0 bridgehead atoms. The van der Waals surface area contributed by atoms with Crippen LogP contribution in [-0.4, -0.2) is 5.78 Å². The van der Waals surface area contributed by atoms with Crippen molar-refractivity contribution in [1.82, 2.24) is 0 Å². The van der Waals surface area contributed by atoms with Gasteiger partial charge in [-0.05, 0) is 52.3 Å². The van der Waals surface area contributed by atoms with Crippen molar-refractivity contribution in [2.24, 2.45) is 0 Å². The lowest BCUT2D eigenvalue weighted by Crippen LogP contribution is -2.05. The molecule has 0 aliphatic carbocycles. The van der Waals surface area contributed by atoms with E-state index >= 15 is 0 Å². The molecule has 0 aromatic heterocycles. The molecule has 5 heteroatoms. The van der Waals surface area contributed by atoms with Crippen LogP contribution < -0.4 is 0 Å². The van der Waals surface area contributed by atoms with E-state index in [4.69, 9.17) is 0 Å². The number of carbonyl (C=O) groups excluding carboxylic acids is 1. The van der Waals surface area contributed by atoms with E-state index in [9.17, 15) is 13.6 Å². The Hall–Kier alpha value is -1.07. The number of benzene rings is 2. The number of rotatable bonds is 2. The second-order valence-corrected chi connectivity index (χ2v) is 5.35. The Kier molecular flexibility index (Phi) is 3.92. The van der Waals surface area contributed by atoms with Crippen LogP contribution in [0.15, 0.2) is 45.3 Å². The molecule has 0 spiro atoms. The summed E-state index contributed by atoms with van der Waals surface area (Å²) in [5.41, 5.74) is 0.000669. The van der Waals surface area contributed by atoms with Crippen molar-refractivity contribution >= 4 is 37.6 Å². The van der Waals surface area contributed by atoms with Crippen LogP contribution in [0.3, 0.4) is 0 Å². The summed E-state index contributed by atoms with van der Waals surface area (Å²) in [5.74, 6) is -1.95. The van der Waals surface area contributed by atoms with Gasteiger partial charge in [-0.2, -0.15) is 0 Å². The van der Waals surface area contributed by atoms with Crippen molar-refractivity contribution in [2.45, 2.75) is 0 Å². The zero-order valence-electron chi connectivity index (χ0n) is 8.88. The van der Waals surface area contributed by atoms with E-state index in [0.29, 0.717) is 4.47 Å². The van der Waals surface area contributed by atoms with Gasteiger partial charge >= 0.3 is 0 Å². The molecule has 1 nitrogen and oxygen atoms in total. The van der Waals surface area contributed by atoms with Crippen LogP contribution in [0, 0.1) is 11.6 Å². The second kappa shape index (κ2) is 5.28. The molecule has 0 unspecified atom stereocenters. The lowest BCUT2D eigenvalue weighted by Gasteiger charge is -2.05. The number of hydrogen-bond donors (Lipinski definition) is 0. The molecule has 18 heavy (non-hydrogen) atoms. The van der Waals surface area contributed by atoms with Gasteiger partial charge in [0.25, 0.3) is 0 Å². The highest BCUT2D eigenvalue weighted by Crippen LogP contribution is 2.25. The average Bonchev–Trinajstić information content (AvgIpc) is 2.31. The summed E-state index contributed by atoms with van der Waals surface area (Å²) in [6, 6.07) is 7.69. The van der Waals surface area contributed by atoms with Crippen molar-refractivity contribution in [3.05, 3.63) is 68.1 Å². The van der Waals surface area contributed by atoms with Gasteiger partial charge in [-0.15, -0.1) is 0 Å². The molecular weight excluding hydrogens is 370 g/mol. The highest BCUT2D eigenvalue weighted by atomic mass is 79.9. The van der Waals surface area contributed by atoms with Gasteiger partial charge in [-0.1, -0.05) is 15.9 Å². The maximum atomic E-state index is 13.5. The van der Waals surface area contributed by atoms with E-state index in [1.165, 1.54) is 0 Å². The number of carbonyl (C=O) groups is 1. The van der Waals surface area contributed by atoms with Gasteiger partial charge in [0.1, 0.15) is 11.6 Å². The van der Waals surface area contributed by atoms with E-state index < -0.39 is 17.4 Å². The maximum absolute atomic E-state index is 13.5. The fourth-order valence-electron chi connectivity index (χ4n) is 1.49. The summed E-state index contributed by atoms with van der Waals surface area (Å²) in [6.45, 7) is 0. The Bertz CT molecular complexity index is 626. The van der Waals surface area contributed by atoms with E-state index in [-0.39, 0.29) is 11.1 Å². The molecular formula is C13H6Br2F2O. The van der Waals surface area contributed by atoms with Crippen LogP contribution in [0.5, 0.6) is 0 Å². The third-order valence-electron chi connectivity index (χ3n) is 2.35. The Balaban J connectivity index is 2.51. The normalized spacial score (nSPS) is 10.4. The van der Waals surface area contributed by atoms with Crippen molar-refractivity contribution < 1.29 is 13.6 Å². The van der Waals surface area contributed by atoms with Gasteiger partial charge in [0.05, 0.1) is 5.56 Å². The number of hydrogen-bond acceptors (Lipinski definition) is 1. The molecule has 2 aromatic carbocycles. The zero-order chi connectivity index (χ0) is 13.3. The Morgan fingerprint density at radius 3 is 2.33 bits per heavy atom. The van der Waals surface area contributed by atoms with Crippen molar-refractivity contribution in [1.29, 1.82) is 0 Å². The first-order chi connectivity index (χ1) is 8.49. The zero-order valence-corrected chi connectivity index (χ0v) is 12.1. The summed E-state index contributed by atoms with van der Waals surface area (Å²) < 4.78 is 27.9. The predicted octanol–water partition coefficient (Wildman–Crippen LogP) is 4.72. The van der Waals surface area contributed by atoms with Crippen LogP contribution >= 0.6 is 31.9 Å². The summed E-state index contributed by atoms with van der Waals surface area (Å²) in [4.78, 5) is 12.1. The van der Waals surface area contributed by atoms with Gasteiger partial charge in [-0.3, -0.25) is 4.79 Å². The molecule has 0 amide bonds. The second-order valence-electron chi connectivity index (χ2n) is 3.58. The van der Waals surface area contributed by atoms with Crippen LogP contribution in [0.25, 0.3) is 0 Å². The Labute approximate surface area is 119 Å². The van der Waals surface area contributed by atoms with Crippen LogP contribution in [0.2, 0.25) is 0 Å². The molecule has 0 saturated carbocycles. The third kappa shape index (κ3) is 2.67. The topological polar surface area (TPSA) is 17.1 Å². The first-order valence-electron chi connectivity index (χ1n) is 4.94. The summed E-state index contributed by atoms with van der Waals surface area (Å²) in [6.07, 6.45) is 0. The van der Waals surface area contributed by atoms with Crippen LogP contribution in [-0.2, 0) is 0 Å². The monoisotopic (exact) mass is 374 g/mol. The molecule has 0 radical (unpaired) electrons. The molecule has 2 aromatic rings. The molecule has 0 N–H and O–H groups in total. The van der Waals surface area contributed by atoms with Gasteiger partial charge < -0.3 is 0 Å². The van der Waals surface area contributed by atoms with Crippen LogP contribution in [0.4, 0.5) is 8.78 Å². The number of halogens is 4. The molecule has 0 aliphatic rings. The lowest BCUT2D eigenvalue weighted by molar-refractivity contribution is 0.103. The molecule has 0 saturated heterocycles. The minimum atomic E-state index is -0.740. The quantitative estimate of drug-likeness (QED) is 0.694. The molecule has 0 heterocycles. The van der Waals surface area contributed by atoms with Crippen molar-refractivity contribution in [3.63, 3.8) is 0 Å². The molecule has 0 fully saturated rings. The highest BCUT2D eigenvalue weighted by Gasteiger charge is 2.17. The van der Waals surface area contributed by atoms with Gasteiger partial charge in [-0.25, -0.2) is 8.78 Å². The molecule has 0 atom stereocenters. The van der Waals surface area contributed by atoms with E-state index in [1.54, 1.807) is 18.2 Å². The lowest BCUT2D eigenvalue weighted by atomic mass is 10.0. The standard InChI is InChI=1S/C13H6Br2F2O/c14-7-1-3-9(11(15)5-7)13(18)10-6-8(16)2-4-12(10)17/h1-6H. The summed E-state index contributed by atoms with van der Waals surface area (Å²) >= 11 is 6.47. The largest absolute Gasteiger partial charge is 0.288 e. The summed E-state index contributed by atoms with van der Waals surface area (Å²) in [7, 11) is 0. The smallest absolute Gasteiger partial charge is 0.197 e. The predicted molar refractivity (Wildman–Crippen MR) is 71.6 cm³/mol. The van der Waals surface area contributed by atoms with E-state index in [0.717, 1.165) is 22.7 Å². The van der Waals surface area contributed by atoms with Crippen LogP contribution in [0.1, 0.15) is 15.9 Å². The van der Waals surface area contributed by atoms with Gasteiger partial charge in [0.15, 0.2) is 5.78 Å². The van der Waals surface area contributed by atoms with Crippen molar-refractivity contribution in [3.8, 4) is 0 Å². The maximum Gasteiger partial charge on any atom is 0.197 e. The summed E-state index contributed by atoms with van der Waals surface area (Å²) in [5, 5.41) is 0. The SMILES string of the molecule is O=C(c1cc(F)ccc1F)c1ccc(Br)cc1Br. The first-order valence-corrected chi connectivity index (χ1v) is 6.52. The molecule has 2 rings (SSSR count). The Morgan fingerprint density at radius 2 is 1.67 bits per heavy atom. The number of ketones is 1. The van der Waals surface area contributed by atoms with Gasteiger partial charge in [0, 0.05) is 14.5 Å². The fraction of sp³-hybridized carbons (Fsp3) is 0. The third-order valence-corrected chi connectivity index (χ3v) is 3.50. The minimum absolute atomic E-state index is 0.280. The Morgan fingerprint density at radius 1 is 0.944 bits per heavy atom. The van der Waals surface area contributed by atoms with Crippen molar-refractivity contribution in [2.75, 3.05) is 0 Å². The van der Waals surface area contributed by atoms with E-state index in [1.807, 2.05) is 0 Å². The fourth-order valence-corrected chi connectivity index (χ4v) is 2.72. The van der Waals surface area contributed by atoms with E-state index in [2.05, 4.69) is 31.9 Å². The molecule has 0 aliphatic heterocycles. The molecule has 92 valence electrons.